The number of carbonyl (C=O) groups is 2. The number of rotatable bonds is 5. The van der Waals surface area contributed by atoms with Gasteiger partial charge < -0.3 is 15.3 Å². The van der Waals surface area contributed by atoms with E-state index in [0.29, 0.717) is 0 Å². The molecule has 118 valence electrons. The summed E-state index contributed by atoms with van der Waals surface area (Å²) in [6, 6.07) is -0.288. The van der Waals surface area contributed by atoms with Gasteiger partial charge in [0.05, 0.1) is 12.0 Å². The second-order valence-corrected chi connectivity index (χ2v) is 7.25. The number of amides is 2. The van der Waals surface area contributed by atoms with Crippen LogP contribution in [0.4, 0.5) is 4.79 Å². The number of hydrogen-bond donors (Lipinski definition) is 2. The molecule has 0 saturated carbocycles. The average Bonchev–Trinajstić information content (AvgIpc) is 2.79. The van der Waals surface area contributed by atoms with Crippen molar-refractivity contribution in [2.24, 2.45) is 0 Å². The first kappa shape index (κ1) is 17.4. The molecule has 1 aromatic rings. The van der Waals surface area contributed by atoms with E-state index in [2.05, 4.69) is 10.3 Å². The van der Waals surface area contributed by atoms with E-state index in [1.807, 2.05) is 40.0 Å². The molecule has 0 unspecified atom stereocenters. The summed E-state index contributed by atoms with van der Waals surface area (Å²) in [5, 5.41) is 14.4. The monoisotopic (exact) mass is 313 g/mol. The predicted octanol–water partition coefficient (Wildman–Crippen LogP) is 2.66. The average molecular weight is 313 g/mol. The molecule has 1 heterocycles. The molecule has 0 spiro atoms. The van der Waals surface area contributed by atoms with Gasteiger partial charge in [-0.2, -0.15) is 0 Å². The quantitative estimate of drug-likeness (QED) is 0.875. The van der Waals surface area contributed by atoms with Crippen LogP contribution in [0.3, 0.4) is 0 Å². The van der Waals surface area contributed by atoms with Gasteiger partial charge in [-0.1, -0.05) is 0 Å². The first-order chi connectivity index (χ1) is 9.54. The van der Waals surface area contributed by atoms with Gasteiger partial charge in [0.2, 0.25) is 0 Å². The topological polar surface area (TPSA) is 82.5 Å². The number of urea groups is 1. The van der Waals surface area contributed by atoms with Crippen LogP contribution >= 0.6 is 11.3 Å². The van der Waals surface area contributed by atoms with Crippen molar-refractivity contribution in [1.29, 1.82) is 0 Å². The molecule has 1 aromatic heterocycles. The lowest BCUT2D eigenvalue weighted by Crippen LogP contribution is -2.55. The summed E-state index contributed by atoms with van der Waals surface area (Å²) in [5.41, 5.74) is -1.06. The minimum Gasteiger partial charge on any atom is -0.481 e. The van der Waals surface area contributed by atoms with Crippen LogP contribution in [0, 0.1) is 0 Å². The van der Waals surface area contributed by atoms with Gasteiger partial charge in [-0.05, 0) is 34.6 Å². The van der Waals surface area contributed by atoms with Crippen LogP contribution in [0.25, 0.3) is 0 Å². The zero-order valence-electron chi connectivity index (χ0n) is 13.1. The molecule has 0 radical (unpaired) electrons. The summed E-state index contributed by atoms with van der Waals surface area (Å²) >= 11 is 1.47. The van der Waals surface area contributed by atoms with Crippen molar-refractivity contribution in [3.63, 3.8) is 0 Å². The smallest absolute Gasteiger partial charge is 0.318 e. The summed E-state index contributed by atoms with van der Waals surface area (Å²) in [6.07, 6.45) is 1.61. The first-order valence-electron chi connectivity index (χ1n) is 6.75. The molecule has 21 heavy (non-hydrogen) atoms. The van der Waals surface area contributed by atoms with Crippen LogP contribution in [0.15, 0.2) is 11.6 Å². The number of aliphatic carboxylic acids is 1. The lowest BCUT2D eigenvalue weighted by atomic mass is 10.0. The molecule has 1 rings (SSSR count). The maximum Gasteiger partial charge on any atom is 0.318 e. The largest absolute Gasteiger partial charge is 0.481 e. The lowest BCUT2D eigenvalue weighted by molar-refractivity contribution is -0.137. The molecule has 0 saturated heterocycles. The fourth-order valence-electron chi connectivity index (χ4n) is 1.87. The van der Waals surface area contributed by atoms with Gasteiger partial charge in [0.25, 0.3) is 0 Å². The van der Waals surface area contributed by atoms with Crippen LogP contribution < -0.4 is 5.32 Å². The molecule has 0 aliphatic rings. The molecule has 0 aromatic carbocycles. The summed E-state index contributed by atoms with van der Waals surface area (Å²) in [6.45, 7) is 9.56. The van der Waals surface area contributed by atoms with Crippen LogP contribution in [0.5, 0.6) is 0 Å². The van der Waals surface area contributed by atoms with E-state index in [9.17, 15) is 9.59 Å². The Morgan fingerprint density at radius 1 is 1.33 bits per heavy atom. The van der Waals surface area contributed by atoms with Crippen LogP contribution in [-0.2, 0) is 10.3 Å². The van der Waals surface area contributed by atoms with Crippen molar-refractivity contribution >= 4 is 23.3 Å². The number of carboxylic acid groups (broad SMARTS) is 1. The number of carbonyl (C=O) groups excluding carboxylic acids is 1. The third kappa shape index (κ3) is 5.00. The van der Waals surface area contributed by atoms with Crippen molar-refractivity contribution in [3.8, 4) is 0 Å². The summed E-state index contributed by atoms with van der Waals surface area (Å²) in [7, 11) is 0. The van der Waals surface area contributed by atoms with Crippen LogP contribution in [0.1, 0.15) is 46.0 Å². The highest BCUT2D eigenvalue weighted by Crippen LogP contribution is 2.23. The van der Waals surface area contributed by atoms with E-state index < -0.39 is 17.0 Å². The van der Waals surface area contributed by atoms with Crippen molar-refractivity contribution in [3.05, 3.63) is 16.6 Å². The van der Waals surface area contributed by atoms with Gasteiger partial charge in [0.1, 0.15) is 5.01 Å². The van der Waals surface area contributed by atoms with Gasteiger partial charge in [-0.3, -0.25) is 4.79 Å². The van der Waals surface area contributed by atoms with Crippen LogP contribution in [-0.4, -0.2) is 39.1 Å². The Bertz CT molecular complexity index is 492. The molecule has 0 fully saturated rings. The Balaban J connectivity index is 2.84. The maximum atomic E-state index is 12.5. The highest BCUT2D eigenvalue weighted by atomic mass is 32.1. The van der Waals surface area contributed by atoms with E-state index in [4.69, 9.17) is 5.11 Å². The Kier molecular flexibility index (Phi) is 5.33. The third-order valence-electron chi connectivity index (χ3n) is 2.99. The number of nitrogens with one attached hydrogen (secondary N) is 1. The summed E-state index contributed by atoms with van der Waals surface area (Å²) < 4.78 is 0. The highest BCUT2D eigenvalue weighted by molar-refractivity contribution is 7.09. The zero-order valence-corrected chi connectivity index (χ0v) is 14.0. The van der Waals surface area contributed by atoms with Crippen molar-refractivity contribution in [1.82, 2.24) is 15.2 Å². The fourth-order valence-corrected chi connectivity index (χ4v) is 2.59. The zero-order chi connectivity index (χ0) is 16.3. The van der Waals surface area contributed by atoms with Crippen molar-refractivity contribution < 1.29 is 14.7 Å². The minimum atomic E-state index is -0.920. The van der Waals surface area contributed by atoms with Gasteiger partial charge in [0.15, 0.2) is 0 Å². The number of carboxylic acids is 1. The first-order valence-corrected chi connectivity index (χ1v) is 7.63. The minimum absolute atomic E-state index is 0.0810. The van der Waals surface area contributed by atoms with E-state index in [1.165, 1.54) is 16.2 Å². The Morgan fingerprint density at radius 2 is 1.95 bits per heavy atom. The number of hydrogen-bond acceptors (Lipinski definition) is 4. The van der Waals surface area contributed by atoms with Crippen molar-refractivity contribution in [2.45, 2.75) is 52.1 Å². The maximum absolute atomic E-state index is 12.5. The van der Waals surface area contributed by atoms with E-state index in [0.717, 1.165) is 5.01 Å². The standard InChI is InChI=1S/C14H23N3O3S/c1-13(2,3)17(8-6-10(18)19)12(20)16-14(4,5)11-15-7-9-21-11/h7,9H,6,8H2,1-5H3,(H,16,20)(H,18,19). The molecule has 2 N–H and O–H groups in total. The fraction of sp³-hybridized carbons (Fsp3) is 0.643. The predicted molar refractivity (Wildman–Crippen MR) is 82.4 cm³/mol. The van der Waals surface area contributed by atoms with Crippen LogP contribution in [0.2, 0.25) is 0 Å². The molecule has 0 aliphatic carbocycles. The SMILES string of the molecule is CC(C)(NC(=O)N(CCC(=O)O)C(C)(C)C)c1nccs1. The van der Waals surface area contributed by atoms with E-state index in [-0.39, 0.29) is 19.0 Å². The molecular formula is C14H23N3O3S. The van der Waals surface area contributed by atoms with Gasteiger partial charge in [-0.25, -0.2) is 9.78 Å². The molecule has 0 atom stereocenters. The molecular weight excluding hydrogens is 290 g/mol. The van der Waals surface area contributed by atoms with E-state index in [1.54, 1.807) is 6.20 Å². The molecule has 0 bridgehead atoms. The number of aromatic nitrogens is 1. The van der Waals surface area contributed by atoms with E-state index >= 15 is 0 Å². The summed E-state index contributed by atoms with van der Waals surface area (Å²) in [4.78, 5) is 29.0. The highest BCUT2D eigenvalue weighted by Gasteiger charge is 2.32. The summed E-state index contributed by atoms with van der Waals surface area (Å²) in [5.74, 6) is -0.920. The van der Waals surface area contributed by atoms with Gasteiger partial charge >= 0.3 is 12.0 Å². The van der Waals surface area contributed by atoms with Gasteiger partial charge in [0, 0.05) is 23.7 Å². The second-order valence-electron chi connectivity index (χ2n) is 6.36. The molecule has 0 aliphatic heterocycles. The Morgan fingerprint density at radius 3 is 2.38 bits per heavy atom. The molecule has 6 nitrogen and oxygen atoms in total. The second kappa shape index (κ2) is 6.43. The Labute approximate surface area is 129 Å². The van der Waals surface area contributed by atoms with Crippen molar-refractivity contribution in [2.75, 3.05) is 6.54 Å². The normalized spacial score (nSPS) is 12.0. The third-order valence-corrected chi connectivity index (χ3v) is 4.09. The number of nitrogens with zero attached hydrogens (tertiary/aromatic N) is 2. The van der Waals surface area contributed by atoms with Gasteiger partial charge in [-0.15, -0.1) is 11.3 Å². The number of thiazole rings is 1. The Hall–Kier alpha value is -1.63. The molecule has 2 amide bonds. The lowest BCUT2D eigenvalue weighted by Gasteiger charge is -2.38. The molecule has 7 heteroatoms.